The predicted octanol–water partition coefficient (Wildman–Crippen LogP) is 3.29. The van der Waals surface area contributed by atoms with Crippen molar-refractivity contribution in [2.45, 2.75) is 13.8 Å². The van der Waals surface area contributed by atoms with E-state index < -0.39 is 0 Å². The number of nitrogens with zero attached hydrogens (tertiary/aromatic N) is 1. The zero-order chi connectivity index (χ0) is 15.9. The number of phenolic OH excluding ortho intramolecular Hbond substituents is 1. The molecule has 3 rings (SSSR count). The highest BCUT2D eigenvalue weighted by Crippen LogP contribution is 2.29. The Morgan fingerprint density at radius 3 is 2.73 bits per heavy atom. The van der Waals surface area contributed by atoms with Gasteiger partial charge in [-0.2, -0.15) is 0 Å². The van der Waals surface area contributed by atoms with Crippen molar-refractivity contribution in [1.82, 2.24) is 9.88 Å². The Bertz CT molecular complexity index is 822. The van der Waals surface area contributed by atoms with E-state index >= 15 is 0 Å². The summed E-state index contributed by atoms with van der Waals surface area (Å²) in [5.74, 6) is 0.0677. The van der Waals surface area contributed by atoms with Crippen molar-refractivity contribution in [3.8, 4) is 11.4 Å². The van der Waals surface area contributed by atoms with Crippen molar-refractivity contribution in [3.63, 3.8) is 0 Å². The molecule has 1 fully saturated rings. The highest BCUT2D eigenvalue weighted by atomic mass is 32.2. The largest absolute Gasteiger partial charge is 0.508 e. The van der Waals surface area contributed by atoms with Crippen molar-refractivity contribution >= 4 is 40.3 Å². The molecular formula is C16H14N2O2S2. The first-order valence-electron chi connectivity index (χ1n) is 6.69. The summed E-state index contributed by atoms with van der Waals surface area (Å²) in [7, 11) is 0. The maximum atomic E-state index is 11.8. The summed E-state index contributed by atoms with van der Waals surface area (Å²) in [6.45, 7) is 3.98. The molecule has 1 aliphatic heterocycles. The SMILES string of the molecule is Cc1cc(/C=C2/SC(=S)NC2=O)c(C)n1-c1cccc(O)c1. The number of nitrogens with one attached hydrogen (secondary N) is 1. The van der Waals surface area contributed by atoms with Crippen LogP contribution in [0.5, 0.6) is 5.75 Å². The van der Waals surface area contributed by atoms with Gasteiger partial charge in [0.25, 0.3) is 5.91 Å². The lowest BCUT2D eigenvalue weighted by Crippen LogP contribution is -2.17. The summed E-state index contributed by atoms with van der Waals surface area (Å²) < 4.78 is 2.53. The van der Waals surface area contributed by atoms with Crippen LogP contribution >= 0.6 is 24.0 Å². The highest BCUT2D eigenvalue weighted by molar-refractivity contribution is 8.26. The lowest BCUT2D eigenvalue weighted by molar-refractivity contribution is -0.115. The molecule has 1 saturated heterocycles. The number of benzene rings is 1. The summed E-state index contributed by atoms with van der Waals surface area (Å²) in [6, 6.07) is 9.11. The third-order valence-electron chi connectivity index (χ3n) is 3.49. The van der Waals surface area contributed by atoms with Gasteiger partial charge in [-0.05, 0) is 43.7 Å². The fraction of sp³-hybridized carbons (Fsp3) is 0.125. The number of aromatic hydroxyl groups is 1. The molecule has 0 atom stereocenters. The molecular weight excluding hydrogens is 316 g/mol. The van der Waals surface area contributed by atoms with Crippen LogP contribution in [0.1, 0.15) is 17.0 Å². The average molecular weight is 330 g/mol. The number of aromatic nitrogens is 1. The quantitative estimate of drug-likeness (QED) is 0.655. The van der Waals surface area contributed by atoms with Gasteiger partial charge in [0, 0.05) is 23.1 Å². The number of thioether (sulfide) groups is 1. The van der Waals surface area contributed by atoms with Crippen LogP contribution < -0.4 is 5.32 Å². The van der Waals surface area contributed by atoms with E-state index in [1.54, 1.807) is 18.2 Å². The van der Waals surface area contributed by atoms with Crippen molar-refractivity contribution in [3.05, 3.63) is 52.2 Å². The van der Waals surface area contributed by atoms with Gasteiger partial charge in [-0.25, -0.2) is 0 Å². The molecule has 1 amide bonds. The molecule has 6 heteroatoms. The van der Waals surface area contributed by atoms with E-state index in [0.29, 0.717) is 9.23 Å². The smallest absolute Gasteiger partial charge is 0.263 e. The van der Waals surface area contributed by atoms with Gasteiger partial charge < -0.3 is 15.0 Å². The molecule has 2 heterocycles. The molecule has 1 aromatic heterocycles. The summed E-state index contributed by atoms with van der Waals surface area (Å²) >= 11 is 6.27. The number of amides is 1. The molecule has 22 heavy (non-hydrogen) atoms. The maximum Gasteiger partial charge on any atom is 0.263 e. The van der Waals surface area contributed by atoms with Crippen molar-refractivity contribution in [2.24, 2.45) is 0 Å². The standard InChI is InChI=1S/C16H14N2O2S2/c1-9-6-11(7-14-15(20)17-16(21)22-14)10(2)18(9)12-4-3-5-13(19)8-12/h3-8,19H,1-2H3,(H,17,20,21)/b14-7+. The molecule has 0 spiro atoms. The van der Waals surface area contributed by atoms with E-state index in [2.05, 4.69) is 5.32 Å². The normalized spacial score (nSPS) is 16.4. The summed E-state index contributed by atoms with van der Waals surface area (Å²) in [5.41, 5.74) is 3.88. The molecule has 2 aromatic rings. The number of rotatable bonds is 2. The van der Waals surface area contributed by atoms with Gasteiger partial charge >= 0.3 is 0 Å². The van der Waals surface area contributed by atoms with Crippen molar-refractivity contribution in [1.29, 1.82) is 0 Å². The Balaban J connectivity index is 2.06. The van der Waals surface area contributed by atoms with Crippen LogP contribution in [0.25, 0.3) is 11.8 Å². The van der Waals surface area contributed by atoms with Crippen LogP contribution in [0, 0.1) is 13.8 Å². The van der Waals surface area contributed by atoms with Crippen LogP contribution in [0.15, 0.2) is 35.2 Å². The van der Waals surface area contributed by atoms with Crippen molar-refractivity contribution < 1.29 is 9.90 Å². The van der Waals surface area contributed by atoms with E-state index in [1.807, 2.05) is 36.6 Å². The van der Waals surface area contributed by atoms with Gasteiger partial charge in [0.1, 0.15) is 10.1 Å². The second kappa shape index (κ2) is 5.62. The first-order valence-corrected chi connectivity index (χ1v) is 7.91. The molecule has 1 aromatic carbocycles. The van der Waals surface area contributed by atoms with Gasteiger partial charge in [0.2, 0.25) is 0 Å². The number of hydrogen-bond donors (Lipinski definition) is 2. The minimum atomic E-state index is -0.155. The van der Waals surface area contributed by atoms with Crippen molar-refractivity contribution in [2.75, 3.05) is 0 Å². The number of phenols is 1. The average Bonchev–Trinajstić information content (AvgIpc) is 2.90. The Morgan fingerprint density at radius 2 is 2.09 bits per heavy atom. The Hall–Kier alpha value is -2.05. The van der Waals surface area contributed by atoms with Gasteiger partial charge in [0.05, 0.1) is 4.91 Å². The topological polar surface area (TPSA) is 54.3 Å². The number of hydrogen-bond acceptors (Lipinski definition) is 4. The lowest BCUT2D eigenvalue weighted by atomic mass is 10.2. The van der Waals surface area contributed by atoms with Gasteiger partial charge in [-0.3, -0.25) is 4.79 Å². The van der Waals surface area contributed by atoms with Gasteiger partial charge in [-0.1, -0.05) is 30.0 Å². The minimum absolute atomic E-state index is 0.155. The zero-order valence-electron chi connectivity index (χ0n) is 12.1. The molecule has 0 radical (unpaired) electrons. The first-order chi connectivity index (χ1) is 10.5. The summed E-state index contributed by atoms with van der Waals surface area (Å²) in [4.78, 5) is 12.4. The number of thiocarbonyl (C=S) groups is 1. The molecule has 0 unspecified atom stereocenters. The number of aryl methyl sites for hydroxylation is 1. The van der Waals surface area contributed by atoms with E-state index in [1.165, 1.54) is 11.8 Å². The van der Waals surface area contributed by atoms with E-state index in [4.69, 9.17) is 12.2 Å². The monoisotopic (exact) mass is 330 g/mol. The molecule has 4 nitrogen and oxygen atoms in total. The fourth-order valence-corrected chi connectivity index (χ4v) is 3.56. The predicted molar refractivity (Wildman–Crippen MR) is 93.2 cm³/mol. The van der Waals surface area contributed by atoms with Crippen LogP contribution in [0.2, 0.25) is 0 Å². The fourth-order valence-electron chi connectivity index (χ4n) is 2.53. The van der Waals surface area contributed by atoms with E-state index in [-0.39, 0.29) is 11.7 Å². The molecule has 112 valence electrons. The van der Waals surface area contributed by atoms with E-state index in [9.17, 15) is 9.90 Å². The first kappa shape index (κ1) is 14.9. The Morgan fingerprint density at radius 1 is 1.32 bits per heavy atom. The minimum Gasteiger partial charge on any atom is -0.508 e. The second-order valence-electron chi connectivity index (χ2n) is 5.03. The lowest BCUT2D eigenvalue weighted by Gasteiger charge is -2.09. The third-order valence-corrected chi connectivity index (χ3v) is 4.65. The maximum absolute atomic E-state index is 11.8. The van der Waals surface area contributed by atoms with Crippen LogP contribution in [-0.2, 0) is 4.79 Å². The number of carbonyl (C=O) groups is 1. The molecule has 0 saturated carbocycles. The number of carbonyl (C=O) groups excluding carboxylic acids is 1. The molecule has 2 N–H and O–H groups in total. The van der Waals surface area contributed by atoms with Gasteiger partial charge in [-0.15, -0.1) is 0 Å². The summed E-state index contributed by atoms with van der Waals surface area (Å²) in [6.07, 6.45) is 1.85. The van der Waals surface area contributed by atoms with Crippen LogP contribution in [0.3, 0.4) is 0 Å². The van der Waals surface area contributed by atoms with Gasteiger partial charge in [0.15, 0.2) is 0 Å². The summed E-state index contributed by atoms with van der Waals surface area (Å²) in [5, 5.41) is 12.3. The second-order valence-corrected chi connectivity index (χ2v) is 6.75. The highest BCUT2D eigenvalue weighted by Gasteiger charge is 2.23. The van der Waals surface area contributed by atoms with Crippen LogP contribution in [0.4, 0.5) is 0 Å². The molecule has 0 aliphatic carbocycles. The Kier molecular flexibility index (Phi) is 3.80. The molecule has 0 bridgehead atoms. The Labute approximate surface area is 137 Å². The van der Waals surface area contributed by atoms with Crippen LogP contribution in [-0.4, -0.2) is 19.9 Å². The third kappa shape index (κ3) is 2.67. The zero-order valence-corrected chi connectivity index (χ0v) is 13.7. The van der Waals surface area contributed by atoms with E-state index in [0.717, 1.165) is 22.6 Å². The molecule has 1 aliphatic rings.